The van der Waals surface area contributed by atoms with Gasteiger partial charge in [0.15, 0.2) is 0 Å². The van der Waals surface area contributed by atoms with Gasteiger partial charge in [-0.3, -0.25) is 4.79 Å². The third-order valence-electron chi connectivity index (χ3n) is 3.59. The molecule has 0 bridgehead atoms. The molecular weight excluding hydrogens is 335 g/mol. The van der Waals surface area contributed by atoms with E-state index in [1.54, 1.807) is 6.07 Å². The maximum Gasteiger partial charge on any atom is 0.254 e. The van der Waals surface area contributed by atoms with Crippen LogP contribution in [-0.4, -0.2) is 36.5 Å². The predicted octanol–water partition coefficient (Wildman–Crippen LogP) is 3.44. The first-order valence-electron chi connectivity index (χ1n) is 7.44. The molecule has 0 radical (unpaired) electrons. The molecule has 0 spiro atoms. The molecule has 1 aliphatic rings. The van der Waals surface area contributed by atoms with Crippen molar-refractivity contribution < 1.29 is 9.18 Å². The van der Waals surface area contributed by atoms with E-state index < -0.39 is 5.82 Å². The largest absolute Gasteiger partial charge is 0.337 e. The monoisotopic (exact) mass is 356 g/mol. The minimum atomic E-state index is -0.392. The van der Waals surface area contributed by atoms with Crippen LogP contribution in [-0.2, 0) is 0 Å². The maximum absolute atomic E-state index is 13.5. The van der Waals surface area contributed by atoms with E-state index in [2.05, 4.69) is 35.1 Å². The Morgan fingerprint density at radius 3 is 2.81 bits per heavy atom. The van der Waals surface area contributed by atoms with Crippen LogP contribution >= 0.6 is 15.9 Å². The molecule has 5 heteroatoms. The third-order valence-corrected chi connectivity index (χ3v) is 4.04. The molecule has 1 saturated heterocycles. The zero-order valence-corrected chi connectivity index (χ0v) is 14.1. The Labute approximate surface area is 134 Å². The first-order chi connectivity index (χ1) is 9.95. The van der Waals surface area contributed by atoms with Crippen LogP contribution in [0.15, 0.2) is 22.7 Å². The quantitative estimate of drug-likeness (QED) is 0.876. The highest BCUT2D eigenvalue weighted by atomic mass is 79.9. The number of rotatable bonds is 5. The van der Waals surface area contributed by atoms with Crippen LogP contribution in [0.25, 0.3) is 0 Å². The van der Waals surface area contributed by atoms with Crippen molar-refractivity contribution in [3.63, 3.8) is 0 Å². The van der Waals surface area contributed by atoms with E-state index in [4.69, 9.17) is 0 Å². The van der Waals surface area contributed by atoms with Gasteiger partial charge in [0.25, 0.3) is 5.91 Å². The molecule has 0 aliphatic carbocycles. The van der Waals surface area contributed by atoms with Crippen molar-refractivity contribution >= 4 is 21.8 Å². The van der Waals surface area contributed by atoms with Crippen LogP contribution in [0, 0.1) is 11.7 Å². The van der Waals surface area contributed by atoms with Gasteiger partial charge in [0.2, 0.25) is 0 Å². The Hall–Kier alpha value is -0.940. The molecule has 0 aromatic heterocycles. The van der Waals surface area contributed by atoms with Gasteiger partial charge in [-0.05, 0) is 43.5 Å². The molecule has 1 N–H and O–H groups in total. The van der Waals surface area contributed by atoms with Crippen molar-refractivity contribution in [2.45, 2.75) is 32.7 Å². The molecule has 1 aromatic rings. The molecule has 1 heterocycles. The van der Waals surface area contributed by atoms with Crippen LogP contribution in [0.4, 0.5) is 4.39 Å². The van der Waals surface area contributed by atoms with Gasteiger partial charge in [-0.15, -0.1) is 0 Å². The van der Waals surface area contributed by atoms with Gasteiger partial charge in [0.1, 0.15) is 5.82 Å². The number of carbonyl (C=O) groups is 1. The summed E-state index contributed by atoms with van der Waals surface area (Å²) in [4.78, 5) is 14.5. The number of hydrogen-bond donors (Lipinski definition) is 1. The standard InChI is InChI=1S/C16H22BrFN2O/c1-11(2)9-20(10-15-4-3-5-19-15)16(21)12-6-13(17)8-14(18)7-12/h6-8,11,15,19H,3-5,9-10H2,1-2H3. The second kappa shape index (κ2) is 7.36. The Kier molecular flexibility index (Phi) is 5.76. The molecule has 1 atom stereocenters. The summed E-state index contributed by atoms with van der Waals surface area (Å²) in [6.45, 7) is 6.56. The number of carbonyl (C=O) groups excluding carboxylic acids is 1. The predicted molar refractivity (Wildman–Crippen MR) is 85.9 cm³/mol. The van der Waals surface area contributed by atoms with Crippen molar-refractivity contribution in [3.05, 3.63) is 34.1 Å². The Morgan fingerprint density at radius 1 is 1.48 bits per heavy atom. The molecule has 2 rings (SSSR count). The molecule has 21 heavy (non-hydrogen) atoms. The van der Waals surface area contributed by atoms with Crippen LogP contribution in [0.2, 0.25) is 0 Å². The Morgan fingerprint density at radius 2 is 2.24 bits per heavy atom. The summed E-state index contributed by atoms with van der Waals surface area (Å²) in [7, 11) is 0. The van der Waals surface area contributed by atoms with E-state index in [1.807, 2.05) is 4.90 Å². The SMILES string of the molecule is CC(C)CN(CC1CCCN1)C(=O)c1cc(F)cc(Br)c1. The number of hydrogen-bond acceptors (Lipinski definition) is 2. The summed E-state index contributed by atoms with van der Waals surface area (Å²) >= 11 is 3.25. The molecule has 1 aliphatic heterocycles. The number of nitrogens with one attached hydrogen (secondary N) is 1. The van der Waals surface area contributed by atoms with Crippen molar-refractivity contribution in [2.75, 3.05) is 19.6 Å². The average molecular weight is 357 g/mol. The van der Waals surface area contributed by atoms with Gasteiger partial charge < -0.3 is 10.2 Å². The van der Waals surface area contributed by atoms with Crippen molar-refractivity contribution in [1.82, 2.24) is 10.2 Å². The molecule has 1 amide bonds. The fourth-order valence-corrected chi connectivity index (χ4v) is 3.18. The van der Waals surface area contributed by atoms with E-state index in [0.29, 0.717) is 35.1 Å². The van der Waals surface area contributed by atoms with Crippen LogP contribution < -0.4 is 5.32 Å². The molecule has 1 fully saturated rings. The summed E-state index contributed by atoms with van der Waals surface area (Å²) in [5, 5.41) is 3.41. The summed E-state index contributed by atoms with van der Waals surface area (Å²) in [5.74, 6) is -0.110. The molecule has 0 saturated carbocycles. The lowest BCUT2D eigenvalue weighted by Gasteiger charge is -2.27. The number of halogens is 2. The topological polar surface area (TPSA) is 32.3 Å². The van der Waals surface area contributed by atoms with Gasteiger partial charge in [-0.25, -0.2) is 4.39 Å². The number of amides is 1. The smallest absolute Gasteiger partial charge is 0.254 e. The van der Waals surface area contributed by atoms with Crippen molar-refractivity contribution in [2.24, 2.45) is 5.92 Å². The fourth-order valence-electron chi connectivity index (χ4n) is 2.72. The summed E-state index contributed by atoms with van der Waals surface area (Å²) in [6, 6.07) is 4.70. The average Bonchev–Trinajstić information content (AvgIpc) is 2.88. The second-order valence-corrected chi connectivity index (χ2v) is 6.97. The minimum absolute atomic E-state index is 0.0994. The molecule has 1 aromatic carbocycles. The Bertz CT molecular complexity index is 481. The van der Waals surface area contributed by atoms with E-state index in [0.717, 1.165) is 19.4 Å². The number of nitrogens with zero attached hydrogens (tertiary/aromatic N) is 1. The molecule has 116 valence electrons. The fraction of sp³-hybridized carbons (Fsp3) is 0.562. The van der Waals surface area contributed by atoms with Gasteiger partial charge in [-0.2, -0.15) is 0 Å². The van der Waals surface area contributed by atoms with Crippen LogP contribution in [0.3, 0.4) is 0 Å². The van der Waals surface area contributed by atoms with Gasteiger partial charge >= 0.3 is 0 Å². The maximum atomic E-state index is 13.5. The van der Waals surface area contributed by atoms with E-state index >= 15 is 0 Å². The molecule has 1 unspecified atom stereocenters. The van der Waals surface area contributed by atoms with Gasteiger partial charge in [0, 0.05) is 29.2 Å². The minimum Gasteiger partial charge on any atom is -0.337 e. The summed E-state index contributed by atoms with van der Waals surface area (Å²) in [5.41, 5.74) is 0.403. The highest BCUT2D eigenvalue weighted by Gasteiger charge is 2.23. The Balaban J connectivity index is 2.15. The lowest BCUT2D eigenvalue weighted by Crippen LogP contribution is -2.42. The molecular formula is C16H22BrFN2O. The lowest BCUT2D eigenvalue weighted by atomic mass is 10.1. The second-order valence-electron chi connectivity index (χ2n) is 6.06. The van der Waals surface area contributed by atoms with Gasteiger partial charge in [-0.1, -0.05) is 29.8 Å². The lowest BCUT2D eigenvalue weighted by molar-refractivity contribution is 0.0720. The molecule has 3 nitrogen and oxygen atoms in total. The van der Waals surface area contributed by atoms with E-state index in [-0.39, 0.29) is 5.91 Å². The zero-order valence-electron chi connectivity index (χ0n) is 12.5. The highest BCUT2D eigenvalue weighted by molar-refractivity contribution is 9.10. The van der Waals surface area contributed by atoms with Gasteiger partial charge in [0.05, 0.1) is 0 Å². The van der Waals surface area contributed by atoms with Crippen LogP contribution in [0.5, 0.6) is 0 Å². The highest BCUT2D eigenvalue weighted by Crippen LogP contribution is 2.18. The first kappa shape index (κ1) is 16.4. The van der Waals surface area contributed by atoms with E-state index in [1.165, 1.54) is 12.1 Å². The number of benzene rings is 1. The van der Waals surface area contributed by atoms with Crippen LogP contribution in [0.1, 0.15) is 37.0 Å². The van der Waals surface area contributed by atoms with Crippen molar-refractivity contribution in [3.8, 4) is 0 Å². The normalized spacial score (nSPS) is 18.2. The summed E-state index contributed by atoms with van der Waals surface area (Å²) < 4.78 is 14.1. The zero-order chi connectivity index (χ0) is 15.4. The van der Waals surface area contributed by atoms with E-state index in [9.17, 15) is 9.18 Å². The summed E-state index contributed by atoms with van der Waals surface area (Å²) in [6.07, 6.45) is 2.24. The third kappa shape index (κ3) is 4.78. The van der Waals surface area contributed by atoms with Crippen molar-refractivity contribution in [1.29, 1.82) is 0 Å². The first-order valence-corrected chi connectivity index (χ1v) is 8.23.